The molecular formula is C14H10ClF3N2O2. The summed E-state index contributed by atoms with van der Waals surface area (Å²) in [6.45, 7) is 0. The molecule has 0 spiro atoms. The van der Waals surface area contributed by atoms with Crippen LogP contribution in [0.4, 0.5) is 23.7 Å². The van der Waals surface area contributed by atoms with E-state index in [9.17, 15) is 18.0 Å². The van der Waals surface area contributed by atoms with Gasteiger partial charge in [0.1, 0.15) is 10.7 Å². The number of carbonyl (C=O) groups is 1. The lowest BCUT2D eigenvalue weighted by atomic mass is 9.97. The molecule has 0 bridgehead atoms. The van der Waals surface area contributed by atoms with Crippen molar-refractivity contribution in [1.82, 2.24) is 4.90 Å². The molecule has 0 saturated heterocycles. The standard InChI is InChI=1S/C14H10ClF3N2O2/c15-13(5-6-13)19-8-2-1-3-10-11(8)9(4-7-22-10)20(12(19)21)14(16,17)18/h1-4,7,9H,5-6H2/t9-/m0/s1. The summed E-state index contributed by atoms with van der Waals surface area (Å²) in [6, 6.07) is 2.42. The van der Waals surface area contributed by atoms with Gasteiger partial charge in [-0.05, 0) is 31.1 Å². The lowest BCUT2D eigenvalue weighted by molar-refractivity contribution is -0.232. The Balaban J connectivity index is 1.96. The van der Waals surface area contributed by atoms with Crippen LogP contribution < -0.4 is 9.64 Å². The third kappa shape index (κ3) is 1.75. The second-order valence-corrected chi connectivity index (χ2v) is 6.16. The van der Waals surface area contributed by atoms with Crippen LogP contribution in [0.2, 0.25) is 0 Å². The Morgan fingerprint density at radius 2 is 2.05 bits per heavy atom. The van der Waals surface area contributed by atoms with Gasteiger partial charge in [0.05, 0.1) is 18.0 Å². The molecule has 1 atom stereocenters. The van der Waals surface area contributed by atoms with Crippen LogP contribution in [0.1, 0.15) is 24.4 Å². The third-order valence-electron chi connectivity index (χ3n) is 4.05. The van der Waals surface area contributed by atoms with Crippen molar-refractivity contribution in [2.24, 2.45) is 0 Å². The van der Waals surface area contributed by atoms with Gasteiger partial charge in [0.15, 0.2) is 0 Å². The zero-order valence-corrected chi connectivity index (χ0v) is 11.9. The quantitative estimate of drug-likeness (QED) is 0.573. The molecule has 8 heteroatoms. The van der Waals surface area contributed by atoms with Gasteiger partial charge in [0.2, 0.25) is 0 Å². The number of carbonyl (C=O) groups excluding carboxylic acids is 1. The summed E-state index contributed by atoms with van der Waals surface area (Å²) in [5.74, 6) is 0.303. The van der Waals surface area contributed by atoms with Gasteiger partial charge in [-0.15, -0.1) is 13.2 Å². The lowest BCUT2D eigenvalue weighted by Crippen LogP contribution is -2.57. The Kier molecular flexibility index (Phi) is 2.56. The van der Waals surface area contributed by atoms with Crippen LogP contribution in [0.5, 0.6) is 5.75 Å². The zero-order valence-electron chi connectivity index (χ0n) is 11.1. The molecule has 0 N–H and O–H groups in total. The number of urea groups is 1. The van der Waals surface area contributed by atoms with E-state index in [2.05, 4.69) is 0 Å². The molecule has 22 heavy (non-hydrogen) atoms. The first-order valence-corrected chi connectivity index (χ1v) is 7.06. The number of hydrogen-bond donors (Lipinski definition) is 0. The molecule has 4 rings (SSSR count). The predicted octanol–water partition coefficient (Wildman–Crippen LogP) is 4.12. The van der Waals surface area contributed by atoms with E-state index >= 15 is 0 Å². The summed E-state index contributed by atoms with van der Waals surface area (Å²) in [4.78, 5) is 12.4. The molecule has 2 amide bonds. The van der Waals surface area contributed by atoms with Crippen LogP contribution in [0, 0.1) is 0 Å². The predicted molar refractivity (Wildman–Crippen MR) is 72.5 cm³/mol. The summed E-state index contributed by atoms with van der Waals surface area (Å²) in [7, 11) is 0. The van der Waals surface area contributed by atoms with Crippen molar-refractivity contribution in [2.75, 3.05) is 4.90 Å². The zero-order chi connectivity index (χ0) is 15.7. The summed E-state index contributed by atoms with van der Waals surface area (Å²) < 4.78 is 45.6. The third-order valence-corrected chi connectivity index (χ3v) is 4.59. The first-order chi connectivity index (χ1) is 10.3. The second-order valence-electron chi connectivity index (χ2n) is 5.45. The average molecular weight is 331 g/mol. The van der Waals surface area contributed by atoms with Crippen molar-refractivity contribution in [2.45, 2.75) is 30.2 Å². The van der Waals surface area contributed by atoms with Crippen molar-refractivity contribution in [3.63, 3.8) is 0 Å². The maximum absolute atomic E-state index is 13.4. The molecule has 2 aliphatic heterocycles. The second kappa shape index (κ2) is 4.10. The fraction of sp³-hybridized carbons (Fsp3) is 0.357. The van der Waals surface area contributed by atoms with Crippen molar-refractivity contribution in [3.05, 3.63) is 36.1 Å². The first kappa shape index (κ1) is 13.8. The van der Waals surface area contributed by atoms with Gasteiger partial charge in [-0.1, -0.05) is 17.7 Å². The maximum atomic E-state index is 13.4. The Bertz CT molecular complexity index is 700. The van der Waals surface area contributed by atoms with Crippen molar-refractivity contribution < 1.29 is 22.7 Å². The number of hydrogen-bond acceptors (Lipinski definition) is 2. The topological polar surface area (TPSA) is 32.8 Å². The molecule has 116 valence electrons. The van der Waals surface area contributed by atoms with Crippen LogP contribution in [0.3, 0.4) is 0 Å². The van der Waals surface area contributed by atoms with E-state index in [0.717, 1.165) is 4.90 Å². The summed E-state index contributed by atoms with van der Waals surface area (Å²) in [6.07, 6.45) is -1.50. The van der Waals surface area contributed by atoms with E-state index in [1.54, 1.807) is 18.2 Å². The number of benzene rings is 1. The summed E-state index contributed by atoms with van der Waals surface area (Å²) in [5.41, 5.74) is 0.693. The Morgan fingerprint density at radius 3 is 2.68 bits per heavy atom. The largest absolute Gasteiger partial charge is 0.489 e. The maximum Gasteiger partial charge on any atom is 0.489 e. The van der Waals surface area contributed by atoms with Crippen LogP contribution in [-0.2, 0) is 0 Å². The lowest BCUT2D eigenvalue weighted by Gasteiger charge is -2.44. The number of halogens is 4. The van der Waals surface area contributed by atoms with E-state index in [4.69, 9.17) is 16.3 Å². The molecule has 1 aromatic carbocycles. The number of amides is 2. The highest BCUT2D eigenvalue weighted by molar-refractivity contribution is 6.30. The normalized spacial score (nSPS) is 24.9. The van der Waals surface area contributed by atoms with Gasteiger partial charge in [-0.3, -0.25) is 4.90 Å². The smallest absolute Gasteiger partial charge is 0.465 e. The van der Waals surface area contributed by atoms with Gasteiger partial charge in [-0.2, -0.15) is 0 Å². The molecule has 3 aliphatic rings. The highest BCUT2D eigenvalue weighted by Crippen LogP contribution is 2.55. The van der Waals surface area contributed by atoms with Crippen LogP contribution in [0.25, 0.3) is 0 Å². The molecule has 1 saturated carbocycles. The fourth-order valence-corrected chi connectivity index (χ4v) is 3.19. The first-order valence-electron chi connectivity index (χ1n) is 6.68. The highest BCUT2D eigenvalue weighted by atomic mass is 35.5. The van der Waals surface area contributed by atoms with E-state index < -0.39 is 23.4 Å². The van der Waals surface area contributed by atoms with Gasteiger partial charge in [0.25, 0.3) is 0 Å². The van der Waals surface area contributed by atoms with Gasteiger partial charge >= 0.3 is 12.3 Å². The minimum Gasteiger partial charge on any atom is -0.465 e. The number of alkyl halides is 4. The minimum absolute atomic E-state index is 0.0969. The number of ether oxygens (including phenoxy) is 1. The molecule has 2 heterocycles. The molecule has 1 aromatic rings. The molecule has 1 aliphatic carbocycles. The minimum atomic E-state index is -4.81. The Hall–Kier alpha value is -1.89. The molecule has 4 nitrogen and oxygen atoms in total. The molecule has 0 unspecified atom stereocenters. The van der Waals surface area contributed by atoms with E-state index in [0.29, 0.717) is 29.8 Å². The SMILES string of the molecule is O=C1N(C(F)(F)F)[C@H]2C=COc3cccc(c32)N1C1(Cl)CC1. The molecule has 0 aromatic heterocycles. The monoisotopic (exact) mass is 330 g/mol. The van der Waals surface area contributed by atoms with Crippen LogP contribution >= 0.6 is 11.6 Å². The van der Waals surface area contributed by atoms with E-state index in [1.165, 1.54) is 12.3 Å². The van der Waals surface area contributed by atoms with Crippen LogP contribution in [-0.4, -0.2) is 22.2 Å². The fourth-order valence-electron chi connectivity index (χ4n) is 2.94. The molecule has 0 radical (unpaired) electrons. The van der Waals surface area contributed by atoms with E-state index in [-0.39, 0.29) is 4.90 Å². The summed E-state index contributed by atoms with van der Waals surface area (Å²) in [5, 5.41) is 0. The van der Waals surface area contributed by atoms with Crippen molar-refractivity contribution in [1.29, 1.82) is 0 Å². The van der Waals surface area contributed by atoms with Gasteiger partial charge in [0, 0.05) is 5.56 Å². The summed E-state index contributed by atoms with van der Waals surface area (Å²) >= 11 is 6.27. The number of nitrogens with zero attached hydrogens (tertiary/aromatic N) is 2. The molecular weight excluding hydrogens is 321 g/mol. The van der Waals surface area contributed by atoms with Crippen molar-refractivity contribution >= 4 is 23.3 Å². The molecule has 1 fully saturated rings. The van der Waals surface area contributed by atoms with E-state index in [1.807, 2.05) is 0 Å². The number of rotatable bonds is 1. The van der Waals surface area contributed by atoms with Crippen molar-refractivity contribution in [3.8, 4) is 5.75 Å². The Morgan fingerprint density at radius 1 is 1.32 bits per heavy atom. The highest BCUT2D eigenvalue weighted by Gasteiger charge is 2.59. The van der Waals surface area contributed by atoms with Gasteiger partial charge < -0.3 is 4.74 Å². The van der Waals surface area contributed by atoms with Gasteiger partial charge in [-0.25, -0.2) is 9.69 Å². The number of anilines is 1. The van der Waals surface area contributed by atoms with Crippen LogP contribution in [0.15, 0.2) is 30.5 Å². The Labute approximate surface area is 128 Å². The average Bonchev–Trinajstić information content (AvgIpc) is 3.16.